The van der Waals surface area contributed by atoms with Crippen LogP contribution < -0.4 is 5.56 Å². The molecule has 0 aliphatic rings. The number of H-pyrrole nitrogens is 1. The minimum Gasteiger partial charge on any atom is -0.350 e. The molecule has 0 saturated carbocycles. The first kappa shape index (κ1) is 17.0. The van der Waals surface area contributed by atoms with Gasteiger partial charge in [0, 0.05) is 29.9 Å². The number of likely N-dealkylation sites (N-methyl/N-ethyl adjacent to an activating group) is 1. The van der Waals surface area contributed by atoms with Crippen molar-refractivity contribution in [1.29, 1.82) is 0 Å². The number of carbonyl (C=O) groups excluding carboxylic acids is 1. The second-order valence-corrected chi connectivity index (χ2v) is 6.81. The van der Waals surface area contributed by atoms with E-state index in [-0.39, 0.29) is 18.0 Å². The summed E-state index contributed by atoms with van der Waals surface area (Å²) in [4.78, 5) is 30.1. The molecule has 2 aromatic carbocycles. The Labute approximate surface area is 156 Å². The molecule has 6 nitrogen and oxygen atoms in total. The number of aromatic nitrogens is 3. The Morgan fingerprint density at radius 3 is 2.70 bits per heavy atom. The quantitative estimate of drug-likeness (QED) is 0.608. The van der Waals surface area contributed by atoms with Gasteiger partial charge in [-0.2, -0.15) is 5.10 Å². The number of rotatable bonds is 4. The molecule has 1 N–H and O–H groups in total. The number of hydrogen-bond donors (Lipinski definition) is 1. The Balaban J connectivity index is 1.62. The molecule has 2 aromatic heterocycles. The van der Waals surface area contributed by atoms with Gasteiger partial charge in [0.05, 0.1) is 6.20 Å². The third-order valence-electron chi connectivity index (χ3n) is 4.74. The van der Waals surface area contributed by atoms with E-state index in [0.717, 1.165) is 27.4 Å². The van der Waals surface area contributed by atoms with Gasteiger partial charge < -0.3 is 9.88 Å². The molecule has 0 atom stereocenters. The first-order chi connectivity index (χ1) is 13.0. The largest absolute Gasteiger partial charge is 0.350 e. The molecule has 0 fully saturated rings. The average molecular weight is 360 g/mol. The molecule has 4 rings (SSSR count). The molecule has 0 bridgehead atoms. The zero-order valence-corrected chi connectivity index (χ0v) is 15.3. The van der Waals surface area contributed by atoms with Crippen molar-refractivity contribution < 1.29 is 4.79 Å². The van der Waals surface area contributed by atoms with Crippen molar-refractivity contribution in [3.63, 3.8) is 0 Å². The average Bonchev–Trinajstić information content (AvgIpc) is 3.03. The minimum absolute atomic E-state index is 0.0908. The van der Waals surface area contributed by atoms with Crippen molar-refractivity contribution in [2.45, 2.75) is 20.0 Å². The predicted molar refractivity (Wildman–Crippen MR) is 106 cm³/mol. The molecule has 2 heterocycles. The van der Waals surface area contributed by atoms with E-state index in [2.05, 4.69) is 10.1 Å². The Morgan fingerprint density at radius 1 is 1.15 bits per heavy atom. The van der Waals surface area contributed by atoms with Crippen LogP contribution in [0.15, 0.2) is 59.5 Å². The van der Waals surface area contributed by atoms with E-state index in [1.54, 1.807) is 18.1 Å². The lowest BCUT2D eigenvalue weighted by molar-refractivity contribution is -0.131. The van der Waals surface area contributed by atoms with Crippen LogP contribution >= 0.6 is 0 Å². The highest BCUT2D eigenvalue weighted by Gasteiger charge is 2.15. The minimum atomic E-state index is -0.289. The molecule has 27 heavy (non-hydrogen) atoms. The van der Waals surface area contributed by atoms with E-state index in [0.29, 0.717) is 12.1 Å². The molecular weight excluding hydrogens is 340 g/mol. The molecule has 4 aromatic rings. The fourth-order valence-corrected chi connectivity index (χ4v) is 3.25. The Bertz CT molecular complexity index is 1190. The number of aryl methyl sites for hydroxylation is 1. The van der Waals surface area contributed by atoms with Crippen LogP contribution in [0.3, 0.4) is 0 Å². The van der Waals surface area contributed by atoms with E-state index in [4.69, 9.17) is 0 Å². The summed E-state index contributed by atoms with van der Waals surface area (Å²) in [5, 5.41) is 5.97. The monoisotopic (exact) mass is 360 g/mol. The van der Waals surface area contributed by atoms with Crippen LogP contribution in [0.1, 0.15) is 11.1 Å². The molecule has 0 unspecified atom stereocenters. The third kappa shape index (κ3) is 3.21. The van der Waals surface area contributed by atoms with E-state index >= 15 is 0 Å². The molecule has 136 valence electrons. The summed E-state index contributed by atoms with van der Waals surface area (Å²) in [6.45, 7) is 2.41. The number of carbonyl (C=O) groups is 1. The lowest BCUT2D eigenvalue weighted by atomic mass is 10.1. The van der Waals surface area contributed by atoms with Crippen molar-refractivity contribution >= 4 is 27.7 Å². The van der Waals surface area contributed by atoms with Crippen LogP contribution in [0.5, 0.6) is 0 Å². The Hall–Kier alpha value is -3.41. The van der Waals surface area contributed by atoms with Crippen molar-refractivity contribution in [2.75, 3.05) is 7.05 Å². The van der Waals surface area contributed by atoms with Crippen LogP contribution in [0.4, 0.5) is 0 Å². The Morgan fingerprint density at radius 2 is 1.93 bits per heavy atom. The van der Waals surface area contributed by atoms with Crippen molar-refractivity contribution in [1.82, 2.24) is 19.7 Å². The predicted octanol–water partition coefficient (Wildman–Crippen LogP) is 2.84. The molecule has 0 aliphatic carbocycles. The smallest absolute Gasteiger partial charge is 0.291 e. The van der Waals surface area contributed by atoms with Gasteiger partial charge in [-0.3, -0.25) is 9.59 Å². The maximum Gasteiger partial charge on any atom is 0.291 e. The van der Waals surface area contributed by atoms with E-state index in [9.17, 15) is 9.59 Å². The van der Waals surface area contributed by atoms with Gasteiger partial charge in [-0.25, -0.2) is 4.68 Å². The van der Waals surface area contributed by atoms with Crippen molar-refractivity contribution in [2.24, 2.45) is 0 Å². The zero-order valence-electron chi connectivity index (χ0n) is 15.3. The summed E-state index contributed by atoms with van der Waals surface area (Å²) in [5.41, 5.74) is 3.23. The molecular formula is C21H20N4O2. The van der Waals surface area contributed by atoms with Gasteiger partial charge in [-0.15, -0.1) is 0 Å². The van der Waals surface area contributed by atoms with Gasteiger partial charge in [-0.1, -0.05) is 42.0 Å². The van der Waals surface area contributed by atoms with Gasteiger partial charge in [0.15, 0.2) is 0 Å². The summed E-state index contributed by atoms with van der Waals surface area (Å²) in [6.07, 6.45) is 1.65. The van der Waals surface area contributed by atoms with Crippen LogP contribution in [0, 0.1) is 6.92 Å². The highest BCUT2D eigenvalue weighted by atomic mass is 16.2. The lowest BCUT2D eigenvalue weighted by Crippen LogP contribution is -2.34. The summed E-state index contributed by atoms with van der Waals surface area (Å²) in [6, 6.07) is 15.7. The number of benzene rings is 2. The molecule has 0 saturated heterocycles. The topological polar surface area (TPSA) is 71.0 Å². The van der Waals surface area contributed by atoms with Crippen molar-refractivity contribution in [3.05, 3.63) is 76.2 Å². The number of aromatic amines is 1. The number of hydrogen-bond acceptors (Lipinski definition) is 3. The highest BCUT2D eigenvalue weighted by Crippen LogP contribution is 2.23. The summed E-state index contributed by atoms with van der Waals surface area (Å²) in [7, 11) is 1.73. The van der Waals surface area contributed by atoms with Crippen LogP contribution in [0.25, 0.3) is 21.8 Å². The molecule has 0 aliphatic heterocycles. The summed E-state index contributed by atoms with van der Waals surface area (Å²) >= 11 is 0. The highest BCUT2D eigenvalue weighted by molar-refractivity contribution is 6.06. The fraction of sp³-hybridized carbons (Fsp3) is 0.190. The summed E-state index contributed by atoms with van der Waals surface area (Å²) < 4.78 is 1.22. The van der Waals surface area contributed by atoms with E-state index in [1.807, 2.05) is 55.5 Å². The van der Waals surface area contributed by atoms with Gasteiger partial charge in [0.25, 0.3) is 5.56 Å². The zero-order chi connectivity index (χ0) is 19.0. The number of fused-ring (bicyclic) bond motifs is 3. The SMILES string of the molecule is Cc1ccc2[nH]c3c(=O)n(CC(=O)N(C)Cc4ccccc4)ncc3c2c1. The standard InChI is InChI=1S/C21H20N4O2/c1-14-8-9-18-16(10-14)17-11-22-25(21(27)20(17)23-18)13-19(26)24(2)12-15-6-4-3-5-7-15/h3-11,23H,12-13H2,1-2H3. The van der Waals surface area contributed by atoms with Gasteiger partial charge in [0.2, 0.25) is 5.91 Å². The maximum atomic E-state index is 12.8. The number of nitrogens with zero attached hydrogens (tertiary/aromatic N) is 3. The van der Waals surface area contributed by atoms with Gasteiger partial charge in [-0.05, 0) is 24.6 Å². The van der Waals surface area contributed by atoms with Crippen molar-refractivity contribution in [3.8, 4) is 0 Å². The van der Waals surface area contributed by atoms with Crippen LogP contribution in [-0.4, -0.2) is 32.6 Å². The second-order valence-electron chi connectivity index (χ2n) is 6.81. The van der Waals surface area contributed by atoms with Gasteiger partial charge >= 0.3 is 0 Å². The fourth-order valence-electron chi connectivity index (χ4n) is 3.25. The van der Waals surface area contributed by atoms with E-state index < -0.39 is 0 Å². The lowest BCUT2D eigenvalue weighted by Gasteiger charge is -2.17. The number of amides is 1. The summed E-state index contributed by atoms with van der Waals surface area (Å²) in [5.74, 6) is -0.167. The number of nitrogens with one attached hydrogen (secondary N) is 1. The normalized spacial score (nSPS) is 11.2. The molecule has 0 spiro atoms. The molecule has 1 amide bonds. The first-order valence-electron chi connectivity index (χ1n) is 8.79. The van der Waals surface area contributed by atoms with E-state index in [1.165, 1.54) is 4.68 Å². The molecule has 0 radical (unpaired) electrons. The second kappa shape index (κ2) is 6.72. The van der Waals surface area contributed by atoms with Crippen LogP contribution in [0.2, 0.25) is 0 Å². The van der Waals surface area contributed by atoms with Gasteiger partial charge in [0.1, 0.15) is 12.1 Å². The van der Waals surface area contributed by atoms with Crippen LogP contribution in [-0.2, 0) is 17.9 Å². The third-order valence-corrected chi connectivity index (χ3v) is 4.74. The molecule has 6 heteroatoms. The Kier molecular flexibility index (Phi) is 4.24. The maximum absolute atomic E-state index is 12.8. The first-order valence-corrected chi connectivity index (χ1v) is 8.79.